The highest BCUT2D eigenvalue weighted by molar-refractivity contribution is 9.10. The third-order valence-electron chi connectivity index (χ3n) is 7.08. The van der Waals surface area contributed by atoms with Gasteiger partial charge in [-0.25, -0.2) is 4.98 Å². The van der Waals surface area contributed by atoms with Crippen LogP contribution in [0.2, 0.25) is 5.02 Å². The van der Waals surface area contributed by atoms with Gasteiger partial charge in [0.2, 0.25) is 0 Å². The lowest BCUT2D eigenvalue weighted by Gasteiger charge is -2.39. The molecule has 35 heavy (non-hydrogen) atoms. The van der Waals surface area contributed by atoms with Gasteiger partial charge in [0, 0.05) is 46.0 Å². The normalized spacial score (nSPS) is 16.3. The number of aromatic nitrogens is 1. The van der Waals surface area contributed by atoms with Crippen LogP contribution in [0.1, 0.15) is 73.9 Å². The number of nitrogens with zero attached hydrogens (tertiary/aromatic N) is 2. The van der Waals surface area contributed by atoms with Crippen LogP contribution in [0.25, 0.3) is 10.9 Å². The lowest BCUT2D eigenvalue weighted by Crippen LogP contribution is -2.41. The van der Waals surface area contributed by atoms with Crippen molar-refractivity contribution in [1.29, 1.82) is 0 Å². The van der Waals surface area contributed by atoms with Crippen LogP contribution in [-0.2, 0) is 0 Å². The number of carbonyl (C=O) groups excluding carboxylic acids is 1. The zero-order valence-electron chi connectivity index (χ0n) is 21.1. The Balaban J connectivity index is 1.70. The molecule has 186 valence electrons. The van der Waals surface area contributed by atoms with Crippen LogP contribution in [0.15, 0.2) is 46.9 Å². The predicted octanol–water partition coefficient (Wildman–Crippen LogP) is 7.90. The Morgan fingerprint density at radius 1 is 1.26 bits per heavy atom. The first-order valence-corrected chi connectivity index (χ1v) is 13.7. The van der Waals surface area contributed by atoms with E-state index in [1.54, 1.807) is 0 Å². The van der Waals surface area contributed by atoms with E-state index in [4.69, 9.17) is 16.6 Å². The second-order valence-corrected chi connectivity index (χ2v) is 11.8. The summed E-state index contributed by atoms with van der Waals surface area (Å²) >= 11 is 10.1. The first-order valence-electron chi connectivity index (χ1n) is 12.6. The Kier molecular flexibility index (Phi) is 8.07. The maximum Gasteiger partial charge on any atom is 0.252 e. The number of piperidine rings is 1. The second kappa shape index (κ2) is 10.9. The zero-order valence-corrected chi connectivity index (χ0v) is 23.5. The molecule has 1 fully saturated rings. The van der Waals surface area contributed by atoms with E-state index >= 15 is 0 Å². The Bertz CT molecular complexity index is 1230. The number of benzene rings is 2. The summed E-state index contributed by atoms with van der Waals surface area (Å²) in [4.78, 5) is 21.2. The largest absolute Gasteiger partial charge is 0.356 e. The number of rotatable bonds is 7. The molecule has 1 saturated heterocycles. The maximum atomic E-state index is 13.8. The molecule has 4 nitrogen and oxygen atoms in total. The van der Waals surface area contributed by atoms with Gasteiger partial charge in [-0.05, 0) is 61.4 Å². The van der Waals surface area contributed by atoms with Crippen LogP contribution in [0.4, 0.5) is 5.82 Å². The topological polar surface area (TPSA) is 45.2 Å². The highest BCUT2D eigenvalue weighted by atomic mass is 79.9. The van der Waals surface area contributed by atoms with E-state index < -0.39 is 0 Å². The highest BCUT2D eigenvalue weighted by Gasteiger charge is 2.30. The Morgan fingerprint density at radius 3 is 2.74 bits per heavy atom. The minimum atomic E-state index is -0.0568. The van der Waals surface area contributed by atoms with Gasteiger partial charge in [-0.1, -0.05) is 72.9 Å². The highest BCUT2D eigenvalue weighted by Crippen LogP contribution is 2.36. The number of fused-ring (bicyclic) bond motifs is 1. The van der Waals surface area contributed by atoms with Gasteiger partial charge in [0.25, 0.3) is 5.91 Å². The second-order valence-electron chi connectivity index (χ2n) is 10.5. The number of amides is 1. The fourth-order valence-corrected chi connectivity index (χ4v) is 6.00. The molecule has 1 aliphatic heterocycles. The molecule has 1 aromatic heterocycles. The quantitative estimate of drug-likeness (QED) is 0.322. The monoisotopic (exact) mass is 555 g/mol. The number of hydrogen-bond donors (Lipinski definition) is 1. The molecular weight excluding hydrogens is 522 g/mol. The maximum absolute atomic E-state index is 13.8. The standard InChI is InChI=1S/C29H35BrClN3O/c1-5-9-20(22-10-6-7-11-24(22)31)17-32-28(35)26-19(2)27(34-15-8-14-29(3,4)18-34)33-25-13-12-21(30)16-23(25)26/h6-7,10-13,16,20H,5,8-9,14-15,17-18H2,1-4H3,(H,32,35). The number of carbonyl (C=O) groups is 1. The van der Waals surface area contributed by atoms with E-state index in [0.717, 1.165) is 69.7 Å². The number of anilines is 1. The third kappa shape index (κ3) is 5.83. The number of halogens is 2. The average molecular weight is 557 g/mol. The molecule has 3 aromatic rings. The van der Waals surface area contributed by atoms with E-state index in [9.17, 15) is 4.79 Å². The molecular formula is C29H35BrClN3O. The van der Waals surface area contributed by atoms with E-state index in [1.807, 2.05) is 43.3 Å². The molecule has 0 bridgehead atoms. The van der Waals surface area contributed by atoms with E-state index in [-0.39, 0.29) is 17.2 Å². The fraction of sp³-hybridized carbons (Fsp3) is 0.448. The van der Waals surface area contributed by atoms with Gasteiger partial charge in [0.15, 0.2) is 0 Å². The first-order chi connectivity index (χ1) is 16.7. The summed E-state index contributed by atoms with van der Waals surface area (Å²) in [6.07, 6.45) is 4.31. The molecule has 0 radical (unpaired) electrons. The van der Waals surface area contributed by atoms with Gasteiger partial charge in [-0.3, -0.25) is 4.79 Å². The Hall–Kier alpha value is -2.11. The fourth-order valence-electron chi connectivity index (χ4n) is 5.35. The summed E-state index contributed by atoms with van der Waals surface area (Å²) in [5, 5.41) is 4.88. The van der Waals surface area contributed by atoms with Crippen molar-refractivity contribution in [2.24, 2.45) is 5.41 Å². The summed E-state index contributed by atoms with van der Waals surface area (Å²) in [5.41, 5.74) is 3.82. The Morgan fingerprint density at radius 2 is 2.03 bits per heavy atom. The molecule has 6 heteroatoms. The predicted molar refractivity (Wildman–Crippen MR) is 151 cm³/mol. The molecule has 0 spiro atoms. The van der Waals surface area contributed by atoms with E-state index in [0.29, 0.717) is 12.1 Å². The van der Waals surface area contributed by atoms with Crippen molar-refractivity contribution in [2.75, 3.05) is 24.5 Å². The molecule has 1 unspecified atom stereocenters. The van der Waals surface area contributed by atoms with Gasteiger partial charge in [0.1, 0.15) is 5.82 Å². The summed E-state index contributed by atoms with van der Waals surface area (Å²) in [5.74, 6) is 1.03. The summed E-state index contributed by atoms with van der Waals surface area (Å²) in [6, 6.07) is 13.9. The van der Waals surface area contributed by atoms with Gasteiger partial charge < -0.3 is 10.2 Å². The Labute approximate surface area is 222 Å². The van der Waals surface area contributed by atoms with Gasteiger partial charge in [-0.2, -0.15) is 0 Å². The van der Waals surface area contributed by atoms with E-state index in [1.165, 1.54) is 6.42 Å². The molecule has 1 atom stereocenters. The number of pyridine rings is 1. The molecule has 2 heterocycles. The van der Waals surface area contributed by atoms with Crippen molar-refractivity contribution in [1.82, 2.24) is 10.3 Å². The zero-order chi connectivity index (χ0) is 25.2. The molecule has 0 aliphatic carbocycles. The van der Waals surface area contributed by atoms with Crippen molar-refractivity contribution in [3.63, 3.8) is 0 Å². The van der Waals surface area contributed by atoms with Crippen molar-refractivity contribution in [2.45, 2.75) is 59.3 Å². The third-order valence-corrected chi connectivity index (χ3v) is 7.92. The summed E-state index contributed by atoms with van der Waals surface area (Å²) in [7, 11) is 0. The average Bonchev–Trinajstić information content (AvgIpc) is 2.81. The van der Waals surface area contributed by atoms with Crippen LogP contribution < -0.4 is 10.2 Å². The minimum absolute atomic E-state index is 0.0568. The number of nitrogens with one attached hydrogen (secondary N) is 1. The minimum Gasteiger partial charge on any atom is -0.356 e. The molecule has 1 aliphatic rings. The van der Waals surface area contributed by atoms with Crippen molar-refractivity contribution in [3.05, 3.63) is 68.7 Å². The van der Waals surface area contributed by atoms with Crippen molar-refractivity contribution < 1.29 is 4.79 Å². The first kappa shape index (κ1) is 26.0. The van der Waals surface area contributed by atoms with Crippen LogP contribution in [0.3, 0.4) is 0 Å². The molecule has 2 aromatic carbocycles. The molecule has 1 N–H and O–H groups in total. The summed E-state index contributed by atoms with van der Waals surface area (Å²) < 4.78 is 0.937. The van der Waals surface area contributed by atoms with Crippen molar-refractivity contribution >= 4 is 50.2 Å². The molecule has 1 amide bonds. The SMILES string of the molecule is CCCC(CNC(=O)c1c(C)c(N2CCCC(C)(C)C2)nc2ccc(Br)cc12)c1ccccc1Cl. The smallest absolute Gasteiger partial charge is 0.252 e. The van der Waals surface area contributed by atoms with Gasteiger partial charge >= 0.3 is 0 Å². The van der Waals surface area contributed by atoms with Gasteiger partial charge in [0.05, 0.1) is 11.1 Å². The van der Waals surface area contributed by atoms with Crippen LogP contribution in [0.5, 0.6) is 0 Å². The lowest BCUT2D eigenvalue weighted by molar-refractivity contribution is 0.0951. The van der Waals surface area contributed by atoms with Crippen LogP contribution in [0, 0.1) is 12.3 Å². The van der Waals surface area contributed by atoms with Crippen LogP contribution in [-0.4, -0.2) is 30.5 Å². The molecule has 0 saturated carbocycles. The lowest BCUT2D eigenvalue weighted by atomic mass is 9.84. The van der Waals surface area contributed by atoms with Gasteiger partial charge in [-0.15, -0.1) is 0 Å². The van der Waals surface area contributed by atoms with Crippen LogP contribution >= 0.6 is 27.5 Å². The van der Waals surface area contributed by atoms with E-state index in [2.05, 4.69) is 53.0 Å². The number of hydrogen-bond acceptors (Lipinski definition) is 3. The summed E-state index contributed by atoms with van der Waals surface area (Å²) in [6.45, 7) is 11.3. The van der Waals surface area contributed by atoms with Crippen molar-refractivity contribution in [3.8, 4) is 0 Å². The molecule has 4 rings (SSSR count).